The summed E-state index contributed by atoms with van der Waals surface area (Å²) in [6.07, 6.45) is 0.688. The number of methoxy groups -OCH3 is 1. The van der Waals surface area contributed by atoms with Crippen LogP contribution < -0.4 is 0 Å². The maximum atomic E-state index is 9.66. The first-order chi connectivity index (χ1) is 4.12. The molecule has 0 heterocycles. The summed E-state index contributed by atoms with van der Waals surface area (Å²) in [5.74, 6) is 0. The lowest BCUT2D eigenvalue weighted by molar-refractivity contribution is 0.0177. The number of nitroso groups, excluding NO2 is 1. The summed E-state index contributed by atoms with van der Waals surface area (Å²) in [5, 5.41) is 2.74. The summed E-state index contributed by atoms with van der Waals surface area (Å²) < 4.78 is 5.04. The van der Waals surface area contributed by atoms with Gasteiger partial charge in [-0.3, -0.25) is 0 Å². The highest BCUT2D eigenvalue weighted by Gasteiger charge is 2.14. The fraction of sp³-hybridized carbons (Fsp3) is 1.00. The van der Waals surface area contributed by atoms with Gasteiger partial charge in [0.05, 0.1) is 12.1 Å². The van der Waals surface area contributed by atoms with Gasteiger partial charge in [0, 0.05) is 7.11 Å². The van der Waals surface area contributed by atoms with Gasteiger partial charge in [-0.05, 0) is 20.3 Å². The predicted octanol–water partition coefficient (Wildman–Crippen LogP) is 1.57. The third-order valence-corrected chi connectivity index (χ3v) is 1.36. The Labute approximate surface area is 55.4 Å². The highest BCUT2D eigenvalue weighted by atomic mass is 16.5. The molecule has 0 aliphatic heterocycles. The molecule has 0 fully saturated rings. The van der Waals surface area contributed by atoms with E-state index in [1.54, 1.807) is 7.11 Å². The smallest absolute Gasteiger partial charge is 0.0838 e. The van der Waals surface area contributed by atoms with Gasteiger partial charge < -0.3 is 4.74 Å². The van der Waals surface area contributed by atoms with Crippen LogP contribution in [-0.2, 0) is 4.74 Å². The van der Waals surface area contributed by atoms with Gasteiger partial charge in [-0.25, -0.2) is 0 Å². The fourth-order valence-electron chi connectivity index (χ4n) is 0.417. The SMILES string of the molecule is COC(C)(C)CCN=O. The quantitative estimate of drug-likeness (QED) is 0.543. The van der Waals surface area contributed by atoms with Gasteiger partial charge in [-0.15, -0.1) is 0 Å². The molecule has 3 nitrogen and oxygen atoms in total. The number of ether oxygens (including phenoxy) is 1. The Morgan fingerprint density at radius 3 is 2.44 bits per heavy atom. The summed E-state index contributed by atoms with van der Waals surface area (Å²) in [6, 6.07) is 0. The van der Waals surface area contributed by atoms with Crippen molar-refractivity contribution in [3.63, 3.8) is 0 Å². The van der Waals surface area contributed by atoms with Crippen molar-refractivity contribution >= 4 is 0 Å². The Morgan fingerprint density at radius 2 is 2.11 bits per heavy atom. The van der Waals surface area contributed by atoms with Crippen LogP contribution in [0.4, 0.5) is 0 Å². The number of nitrogens with zero attached hydrogens (tertiary/aromatic N) is 1. The summed E-state index contributed by atoms with van der Waals surface area (Å²) in [6.45, 7) is 4.19. The van der Waals surface area contributed by atoms with Crippen LogP contribution in [0.15, 0.2) is 5.18 Å². The molecule has 0 aromatic rings. The fourth-order valence-corrected chi connectivity index (χ4v) is 0.417. The average Bonchev–Trinajstić information content (AvgIpc) is 1.84. The second kappa shape index (κ2) is 3.56. The van der Waals surface area contributed by atoms with E-state index < -0.39 is 0 Å². The Morgan fingerprint density at radius 1 is 1.56 bits per heavy atom. The molecule has 0 aliphatic rings. The molecule has 0 radical (unpaired) electrons. The molecule has 0 bridgehead atoms. The Bertz CT molecular complexity index is 91.1. The lowest BCUT2D eigenvalue weighted by Crippen LogP contribution is -2.23. The lowest BCUT2D eigenvalue weighted by Gasteiger charge is -2.20. The topological polar surface area (TPSA) is 38.7 Å². The molecule has 0 aliphatic carbocycles. The summed E-state index contributed by atoms with van der Waals surface area (Å²) in [7, 11) is 1.63. The largest absolute Gasteiger partial charge is 0.379 e. The number of hydrogen-bond acceptors (Lipinski definition) is 3. The van der Waals surface area contributed by atoms with E-state index in [0.717, 1.165) is 0 Å². The van der Waals surface area contributed by atoms with Crippen LogP contribution in [0, 0.1) is 4.91 Å². The van der Waals surface area contributed by atoms with E-state index in [0.29, 0.717) is 13.0 Å². The van der Waals surface area contributed by atoms with Crippen molar-refractivity contribution in [3.05, 3.63) is 4.91 Å². The zero-order chi connectivity index (χ0) is 7.33. The molecule has 0 rings (SSSR count). The first kappa shape index (κ1) is 8.56. The molecule has 0 aromatic heterocycles. The number of hydrogen-bond donors (Lipinski definition) is 0. The second-order valence-electron chi connectivity index (χ2n) is 2.57. The molecule has 0 amide bonds. The van der Waals surface area contributed by atoms with Crippen LogP contribution >= 0.6 is 0 Å². The van der Waals surface area contributed by atoms with E-state index in [2.05, 4.69) is 5.18 Å². The molecule has 0 N–H and O–H groups in total. The van der Waals surface area contributed by atoms with Gasteiger partial charge in [-0.2, -0.15) is 4.91 Å². The summed E-state index contributed by atoms with van der Waals surface area (Å²) in [5.41, 5.74) is -0.200. The molecule has 0 saturated heterocycles. The van der Waals surface area contributed by atoms with E-state index in [4.69, 9.17) is 4.74 Å². The van der Waals surface area contributed by atoms with Gasteiger partial charge in [-0.1, -0.05) is 5.18 Å². The van der Waals surface area contributed by atoms with Crippen molar-refractivity contribution in [2.24, 2.45) is 5.18 Å². The van der Waals surface area contributed by atoms with Crippen LogP contribution in [0.2, 0.25) is 0 Å². The number of rotatable bonds is 4. The van der Waals surface area contributed by atoms with Gasteiger partial charge >= 0.3 is 0 Å². The molecule has 0 aromatic carbocycles. The minimum atomic E-state index is -0.200. The van der Waals surface area contributed by atoms with Crippen LogP contribution in [0.1, 0.15) is 20.3 Å². The van der Waals surface area contributed by atoms with Crippen molar-refractivity contribution in [3.8, 4) is 0 Å². The Kier molecular flexibility index (Phi) is 3.39. The van der Waals surface area contributed by atoms with Crippen molar-refractivity contribution in [2.45, 2.75) is 25.9 Å². The van der Waals surface area contributed by atoms with Crippen molar-refractivity contribution in [1.82, 2.24) is 0 Å². The molecule has 0 saturated carbocycles. The standard InChI is InChI=1S/C6H13NO2/c1-6(2,9-3)4-5-7-8/h4-5H2,1-3H3. The molecular formula is C6H13NO2. The van der Waals surface area contributed by atoms with Gasteiger partial charge in [0.2, 0.25) is 0 Å². The Hall–Kier alpha value is -0.440. The molecule has 0 atom stereocenters. The van der Waals surface area contributed by atoms with E-state index in [9.17, 15) is 4.91 Å². The van der Waals surface area contributed by atoms with Gasteiger partial charge in [0.15, 0.2) is 0 Å². The summed E-state index contributed by atoms with van der Waals surface area (Å²) >= 11 is 0. The maximum Gasteiger partial charge on any atom is 0.0838 e. The lowest BCUT2D eigenvalue weighted by atomic mass is 10.1. The average molecular weight is 131 g/mol. The van der Waals surface area contributed by atoms with Gasteiger partial charge in [0.25, 0.3) is 0 Å². The van der Waals surface area contributed by atoms with E-state index in [-0.39, 0.29) is 5.60 Å². The van der Waals surface area contributed by atoms with Gasteiger partial charge in [0.1, 0.15) is 0 Å². The van der Waals surface area contributed by atoms with Crippen molar-refractivity contribution < 1.29 is 4.74 Å². The first-order valence-electron chi connectivity index (χ1n) is 2.96. The van der Waals surface area contributed by atoms with E-state index in [1.165, 1.54) is 0 Å². The zero-order valence-electron chi connectivity index (χ0n) is 6.18. The maximum absolute atomic E-state index is 9.66. The normalized spacial score (nSPS) is 11.4. The molecule has 54 valence electrons. The minimum Gasteiger partial charge on any atom is -0.379 e. The highest BCUT2D eigenvalue weighted by Crippen LogP contribution is 2.11. The zero-order valence-corrected chi connectivity index (χ0v) is 6.18. The molecule has 9 heavy (non-hydrogen) atoms. The molecule has 0 spiro atoms. The third-order valence-electron chi connectivity index (χ3n) is 1.36. The molecular weight excluding hydrogens is 118 g/mol. The van der Waals surface area contributed by atoms with Crippen LogP contribution in [-0.4, -0.2) is 19.3 Å². The van der Waals surface area contributed by atoms with Crippen molar-refractivity contribution in [1.29, 1.82) is 0 Å². The highest BCUT2D eigenvalue weighted by molar-refractivity contribution is 4.68. The van der Waals surface area contributed by atoms with Crippen LogP contribution in [0.25, 0.3) is 0 Å². The summed E-state index contributed by atoms with van der Waals surface area (Å²) in [4.78, 5) is 9.66. The van der Waals surface area contributed by atoms with E-state index in [1.807, 2.05) is 13.8 Å². The van der Waals surface area contributed by atoms with Crippen LogP contribution in [0.3, 0.4) is 0 Å². The van der Waals surface area contributed by atoms with Crippen molar-refractivity contribution in [2.75, 3.05) is 13.7 Å². The van der Waals surface area contributed by atoms with Crippen LogP contribution in [0.5, 0.6) is 0 Å². The Balaban J connectivity index is 3.44. The minimum absolute atomic E-state index is 0.200. The van der Waals surface area contributed by atoms with E-state index >= 15 is 0 Å². The molecule has 0 unspecified atom stereocenters. The molecule has 3 heteroatoms. The second-order valence-corrected chi connectivity index (χ2v) is 2.57. The first-order valence-corrected chi connectivity index (χ1v) is 2.96. The third kappa shape index (κ3) is 4.09. The predicted molar refractivity (Wildman–Crippen MR) is 36.4 cm³/mol. The monoisotopic (exact) mass is 131 g/mol.